The Morgan fingerprint density at radius 1 is 0.941 bits per heavy atom. The van der Waals surface area contributed by atoms with E-state index in [0.29, 0.717) is 11.7 Å². The lowest BCUT2D eigenvalue weighted by molar-refractivity contribution is 0.281. The first kappa shape index (κ1) is 25.9. The van der Waals surface area contributed by atoms with Gasteiger partial charge in [0.2, 0.25) is 0 Å². The van der Waals surface area contributed by atoms with E-state index < -0.39 is 0 Å². The van der Waals surface area contributed by atoms with Gasteiger partial charge in [-0.1, -0.05) is 52.0 Å². The van der Waals surface area contributed by atoms with Crippen molar-refractivity contribution < 1.29 is 0 Å². The van der Waals surface area contributed by atoms with Crippen LogP contribution >= 0.6 is 12.2 Å². The number of rotatable bonds is 11. The number of fused-ring (bicyclic) bond motifs is 1. The molecular formula is C28H38N4OS. The van der Waals surface area contributed by atoms with Crippen molar-refractivity contribution in [2.75, 3.05) is 31.5 Å². The van der Waals surface area contributed by atoms with Gasteiger partial charge in [0, 0.05) is 23.3 Å². The number of benzene rings is 2. The first-order chi connectivity index (χ1) is 16.5. The third kappa shape index (κ3) is 6.67. The van der Waals surface area contributed by atoms with Gasteiger partial charge in [-0.2, -0.15) is 0 Å². The highest BCUT2D eigenvalue weighted by atomic mass is 32.1. The van der Waals surface area contributed by atoms with E-state index in [2.05, 4.69) is 72.1 Å². The molecule has 3 rings (SSSR count). The fourth-order valence-electron chi connectivity index (χ4n) is 4.27. The summed E-state index contributed by atoms with van der Waals surface area (Å²) in [7, 11) is 0. The SMILES string of the molecule is CCc1ccc2[nH]c(=O)c(CN(CCCN(CC)CC)C(=S)Nc3ccccc3CC)cc2c1. The summed E-state index contributed by atoms with van der Waals surface area (Å²) in [4.78, 5) is 20.5. The number of thiocarbonyl (C=S) groups is 1. The summed E-state index contributed by atoms with van der Waals surface area (Å²) in [6, 6.07) is 16.5. The predicted octanol–water partition coefficient (Wildman–Crippen LogP) is 5.58. The maximum atomic E-state index is 12.9. The van der Waals surface area contributed by atoms with Crippen LogP contribution in [0.1, 0.15) is 50.8 Å². The molecule has 0 bridgehead atoms. The summed E-state index contributed by atoms with van der Waals surface area (Å²) in [5, 5.41) is 5.17. The highest BCUT2D eigenvalue weighted by Gasteiger charge is 2.15. The molecule has 0 atom stereocenters. The Balaban J connectivity index is 1.85. The highest BCUT2D eigenvalue weighted by molar-refractivity contribution is 7.80. The zero-order valence-corrected chi connectivity index (χ0v) is 21.8. The number of nitrogens with zero attached hydrogens (tertiary/aromatic N) is 2. The quantitative estimate of drug-likeness (QED) is 0.352. The number of hydrogen-bond acceptors (Lipinski definition) is 3. The number of hydrogen-bond donors (Lipinski definition) is 2. The lowest BCUT2D eigenvalue weighted by atomic mass is 10.1. The smallest absolute Gasteiger partial charge is 0.253 e. The average molecular weight is 479 g/mol. The minimum absolute atomic E-state index is 0.0535. The number of anilines is 1. The molecule has 6 heteroatoms. The van der Waals surface area contributed by atoms with Gasteiger partial charge in [-0.15, -0.1) is 0 Å². The fraction of sp³-hybridized carbons (Fsp3) is 0.429. The maximum absolute atomic E-state index is 12.9. The van der Waals surface area contributed by atoms with Crippen LogP contribution in [0.5, 0.6) is 0 Å². The van der Waals surface area contributed by atoms with Crippen molar-refractivity contribution in [1.29, 1.82) is 0 Å². The number of aromatic amines is 1. The minimum Gasteiger partial charge on any atom is -0.344 e. The third-order valence-electron chi connectivity index (χ3n) is 6.48. The minimum atomic E-state index is -0.0535. The van der Waals surface area contributed by atoms with Crippen LogP contribution in [-0.2, 0) is 19.4 Å². The molecule has 182 valence electrons. The van der Waals surface area contributed by atoms with Gasteiger partial charge < -0.3 is 20.1 Å². The number of H-pyrrole nitrogens is 1. The zero-order chi connectivity index (χ0) is 24.5. The van der Waals surface area contributed by atoms with Crippen molar-refractivity contribution in [2.24, 2.45) is 0 Å². The molecule has 2 N–H and O–H groups in total. The normalized spacial score (nSPS) is 11.2. The van der Waals surface area contributed by atoms with Crippen molar-refractivity contribution in [2.45, 2.75) is 53.5 Å². The van der Waals surface area contributed by atoms with Crippen LogP contribution in [0.4, 0.5) is 5.69 Å². The molecular weight excluding hydrogens is 440 g/mol. The van der Waals surface area contributed by atoms with Crippen LogP contribution in [-0.4, -0.2) is 46.1 Å². The predicted molar refractivity (Wildman–Crippen MR) is 149 cm³/mol. The van der Waals surface area contributed by atoms with E-state index in [9.17, 15) is 4.79 Å². The fourth-order valence-corrected chi connectivity index (χ4v) is 4.53. The number of aromatic nitrogens is 1. The largest absolute Gasteiger partial charge is 0.344 e. The standard InChI is InChI=1S/C28H38N4OS/c1-5-21-14-15-26-23(18-21)19-24(27(33)29-26)20-32(17-11-16-31(7-3)8-4)28(34)30-25-13-10-9-12-22(25)6-2/h9-10,12-15,18-19H,5-8,11,16-17,20H2,1-4H3,(H,29,33)(H,30,34). The molecule has 34 heavy (non-hydrogen) atoms. The van der Waals surface area contributed by atoms with Gasteiger partial charge in [-0.25, -0.2) is 0 Å². The van der Waals surface area contributed by atoms with Crippen LogP contribution in [0.3, 0.4) is 0 Å². The molecule has 0 aliphatic carbocycles. The Morgan fingerprint density at radius 2 is 1.71 bits per heavy atom. The Labute approximate surface area is 209 Å². The van der Waals surface area contributed by atoms with Crippen LogP contribution in [0.15, 0.2) is 53.3 Å². The topological polar surface area (TPSA) is 51.4 Å². The second-order valence-electron chi connectivity index (χ2n) is 8.64. The van der Waals surface area contributed by atoms with Crippen LogP contribution in [0.25, 0.3) is 10.9 Å². The van der Waals surface area contributed by atoms with Crippen molar-refractivity contribution in [3.63, 3.8) is 0 Å². The molecule has 0 aliphatic heterocycles. The number of pyridine rings is 1. The molecule has 0 aliphatic rings. The average Bonchev–Trinajstić information content (AvgIpc) is 2.86. The Hall–Kier alpha value is -2.70. The molecule has 0 saturated carbocycles. The second kappa shape index (κ2) is 12.7. The summed E-state index contributed by atoms with van der Waals surface area (Å²) < 4.78 is 0. The third-order valence-corrected chi connectivity index (χ3v) is 6.84. The Bertz CT molecular complexity index is 1150. The van der Waals surface area contributed by atoms with E-state index in [1.54, 1.807) is 0 Å². The van der Waals surface area contributed by atoms with Gasteiger partial charge in [0.25, 0.3) is 5.56 Å². The van der Waals surface area contributed by atoms with E-state index in [0.717, 1.165) is 67.6 Å². The molecule has 0 unspecified atom stereocenters. The summed E-state index contributed by atoms with van der Waals surface area (Å²) in [5.74, 6) is 0. The van der Waals surface area contributed by atoms with Gasteiger partial charge in [-0.05, 0) is 91.9 Å². The van der Waals surface area contributed by atoms with Crippen molar-refractivity contribution in [3.8, 4) is 0 Å². The van der Waals surface area contributed by atoms with Crippen LogP contribution < -0.4 is 10.9 Å². The lowest BCUT2D eigenvalue weighted by Gasteiger charge is -2.28. The lowest BCUT2D eigenvalue weighted by Crippen LogP contribution is -2.38. The van der Waals surface area contributed by atoms with E-state index >= 15 is 0 Å². The molecule has 3 aromatic rings. The number of para-hydroxylation sites is 1. The molecule has 1 aromatic heterocycles. The zero-order valence-electron chi connectivity index (χ0n) is 21.0. The van der Waals surface area contributed by atoms with Crippen molar-refractivity contribution in [3.05, 3.63) is 75.6 Å². The second-order valence-corrected chi connectivity index (χ2v) is 9.03. The molecule has 0 amide bonds. The van der Waals surface area contributed by atoms with Gasteiger partial charge in [0.15, 0.2) is 5.11 Å². The van der Waals surface area contributed by atoms with Gasteiger partial charge in [0.05, 0.1) is 6.54 Å². The number of aryl methyl sites for hydroxylation is 2. The molecule has 0 radical (unpaired) electrons. The van der Waals surface area contributed by atoms with E-state index in [1.807, 2.05) is 24.3 Å². The Morgan fingerprint density at radius 3 is 2.41 bits per heavy atom. The molecule has 0 spiro atoms. The van der Waals surface area contributed by atoms with E-state index in [-0.39, 0.29) is 5.56 Å². The monoisotopic (exact) mass is 478 g/mol. The van der Waals surface area contributed by atoms with E-state index in [1.165, 1.54) is 11.1 Å². The number of nitrogens with one attached hydrogen (secondary N) is 2. The van der Waals surface area contributed by atoms with Gasteiger partial charge in [0.1, 0.15) is 0 Å². The van der Waals surface area contributed by atoms with Crippen molar-refractivity contribution in [1.82, 2.24) is 14.8 Å². The molecule has 1 heterocycles. The molecule has 0 saturated heterocycles. The van der Waals surface area contributed by atoms with Crippen molar-refractivity contribution >= 4 is 33.9 Å². The maximum Gasteiger partial charge on any atom is 0.253 e. The van der Waals surface area contributed by atoms with Gasteiger partial charge in [-0.3, -0.25) is 4.79 Å². The summed E-state index contributed by atoms with van der Waals surface area (Å²) in [6.45, 7) is 13.0. The van der Waals surface area contributed by atoms with Gasteiger partial charge >= 0.3 is 0 Å². The van der Waals surface area contributed by atoms with Crippen LogP contribution in [0.2, 0.25) is 0 Å². The van der Waals surface area contributed by atoms with E-state index in [4.69, 9.17) is 12.2 Å². The summed E-state index contributed by atoms with van der Waals surface area (Å²) in [5.41, 5.74) is 5.07. The summed E-state index contributed by atoms with van der Waals surface area (Å²) >= 11 is 5.87. The first-order valence-electron chi connectivity index (χ1n) is 12.5. The highest BCUT2D eigenvalue weighted by Crippen LogP contribution is 2.18. The molecule has 2 aromatic carbocycles. The molecule has 5 nitrogen and oxygen atoms in total. The summed E-state index contributed by atoms with van der Waals surface area (Å²) in [6.07, 6.45) is 2.87. The molecule has 0 fully saturated rings. The Kier molecular flexibility index (Phi) is 9.66. The van der Waals surface area contributed by atoms with Crippen LogP contribution in [0, 0.1) is 0 Å². The first-order valence-corrected chi connectivity index (χ1v) is 12.9.